The summed E-state index contributed by atoms with van der Waals surface area (Å²) < 4.78 is 0. The van der Waals surface area contributed by atoms with Crippen LogP contribution in [0.15, 0.2) is 18.2 Å². The molecule has 1 atom stereocenters. The molecule has 1 unspecified atom stereocenters. The predicted molar refractivity (Wildman–Crippen MR) is 78.0 cm³/mol. The first-order valence-corrected chi connectivity index (χ1v) is 7.69. The molecule has 0 aromatic carbocycles. The monoisotopic (exact) mass is 259 g/mol. The Kier molecular flexibility index (Phi) is 4.14. The normalized spacial score (nSPS) is 25.8. The molecule has 1 aromatic rings. The maximum absolute atomic E-state index is 4.61. The number of aromatic nitrogens is 1. The van der Waals surface area contributed by atoms with Crippen LogP contribution in [0.5, 0.6) is 0 Å². The molecule has 0 saturated carbocycles. The first-order chi connectivity index (χ1) is 9.31. The Morgan fingerprint density at radius 3 is 2.79 bits per heavy atom. The van der Waals surface area contributed by atoms with E-state index in [4.69, 9.17) is 0 Å². The fourth-order valence-corrected chi connectivity index (χ4v) is 3.54. The number of rotatable bonds is 3. The molecule has 3 heterocycles. The smallest absolute Gasteiger partial charge is 0.0547 e. The number of aryl methyl sites for hydroxylation is 1. The summed E-state index contributed by atoms with van der Waals surface area (Å²) in [5.41, 5.74) is 2.35. The van der Waals surface area contributed by atoms with Gasteiger partial charge in [0.2, 0.25) is 0 Å². The van der Waals surface area contributed by atoms with E-state index in [1.807, 2.05) is 0 Å². The van der Waals surface area contributed by atoms with E-state index < -0.39 is 0 Å². The van der Waals surface area contributed by atoms with Crippen molar-refractivity contribution >= 4 is 0 Å². The highest BCUT2D eigenvalue weighted by molar-refractivity contribution is 5.09. The van der Waals surface area contributed by atoms with Crippen LogP contribution in [0.4, 0.5) is 0 Å². The van der Waals surface area contributed by atoms with Gasteiger partial charge in [0.1, 0.15) is 0 Å². The molecule has 2 aliphatic rings. The third-order valence-electron chi connectivity index (χ3n) is 4.63. The minimum atomic E-state index is 0.805. The molecule has 104 valence electrons. The van der Waals surface area contributed by atoms with E-state index in [1.165, 1.54) is 51.0 Å². The standard InChI is InChI=1S/C16H25N3/c1-13-4-2-5-15(18-13)12-19-10-7-14(8-11-19)16-6-3-9-17-16/h2,4-5,14,16-17H,3,6-12H2,1H3. The van der Waals surface area contributed by atoms with E-state index >= 15 is 0 Å². The molecule has 0 amide bonds. The largest absolute Gasteiger partial charge is 0.314 e. The van der Waals surface area contributed by atoms with Crippen molar-refractivity contribution in [1.29, 1.82) is 0 Å². The summed E-state index contributed by atoms with van der Waals surface area (Å²) in [6.45, 7) is 6.79. The first-order valence-electron chi connectivity index (χ1n) is 7.69. The summed E-state index contributed by atoms with van der Waals surface area (Å²) in [5, 5.41) is 3.67. The van der Waals surface area contributed by atoms with Crippen molar-refractivity contribution < 1.29 is 0 Å². The van der Waals surface area contributed by atoms with E-state index in [1.54, 1.807) is 0 Å². The summed E-state index contributed by atoms with van der Waals surface area (Å²) in [6, 6.07) is 7.14. The minimum absolute atomic E-state index is 0.805. The summed E-state index contributed by atoms with van der Waals surface area (Å²) in [4.78, 5) is 7.17. The zero-order valence-electron chi connectivity index (χ0n) is 11.9. The van der Waals surface area contributed by atoms with E-state index in [9.17, 15) is 0 Å². The molecule has 19 heavy (non-hydrogen) atoms. The van der Waals surface area contributed by atoms with Crippen LogP contribution in [0.3, 0.4) is 0 Å². The van der Waals surface area contributed by atoms with Gasteiger partial charge in [0.15, 0.2) is 0 Å². The molecule has 1 N–H and O–H groups in total. The molecular formula is C16H25N3. The molecule has 3 rings (SSSR count). The average molecular weight is 259 g/mol. The van der Waals surface area contributed by atoms with Gasteiger partial charge in [0.05, 0.1) is 5.69 Å². The van der Waals surface area contributed by atoms with Gasteiger partial charge in [-0.15, -0.1) is 0 Å². The predicted octanol–water partition coefficient (Wildman–Crippen LogP) is 2.35. The van der Waals surface area contributed by atoms with Crippen molar-refractivity contribution in [2.45, 2.75) is 45.2 Å². The van der Waals surface area contributed by atoms with Gasteiger partial charge in [-0.05, 0) is 70.3 Å². The molecule has 3 heteroatoms. The van der Waals surface area contributed by atoms with Gasteiger partial charge in [-0.1, -0.05) is 6.07 Å². The number of piperidine rings is 1. The van der Waals surface area contributed by atoms with Crippen LogP contribution < -0.4 is 5.32 Å². The van der Waals surface area contributed by atoms with Crippen molar-refractivity contribution in [2.24, 2.45) is 5.92 Å². The number of hydrogen-bond donors (Lipinski definition) is 1. The molecule has 0 spiro atoms. The molecule has 1 aromatic heterocycles. The van der Waals surface area contributed by atoms with Crippen LogP contribution in [0.25, 0.3) is 0 Å². The van der Waals surface area contributed by atoms with Crippen molar-refractivity contribution in [3.8, 4) is 0 Å². The van der Waals surface area contributed by atoms with Crippen LogP contribution in [0.1, 0.15) is 37.1 Å². The van der Waals surface area contributed by atoms with E-state index in [2.05, 4.69) is 40.3 Å². The summed E-state index contributed by atoms with van der Waals surface area (Å²) in [6.07, 6.45) is 5.47. The van der Waals surface area contributed by atoms with Gasteiger partial charge in [-0.3, -0.25) is 9.88 Å². The number of nitrogens with one attached hydrogen (secondary N) is 1. The molecule has 0 aliphatic carbocycles. The molecule has 2 fully saturated rings. The summed E-state index contributed by atoms with van der Waals surface area (Å²) in [5.74, 6) is 0.907. The van der Waals surface area contributed by atoms with E-state index in [0.29, 0.717) is 0 Å². The lowest BCUT2D eigenvalue weighted by atomic mass is 9.88. The number of hydrogen-bond acceptors (Lipinski definition) is 3. The van der Waals surface area contributed by atoms with Gasteiger partial charge >= 0.3 is 0 Å². The van der Waals surface area contributed by atoms with E-state index in [0.717, 1.165) is 24.2 Å². The van der Waals surface area contributed by atoms with Crippen LogP contribution in [-0.2, 0) is 6.54 Å². The number of pyridine rings is 1. The fourth-order valence-electron chi connectivity index (χ4n) is 3.54. The maximum atomic E-state index is 4.61. The third kappa shape index (κ3) is 3.34. The lowest BCUT2D eigenvalue weighted by Gasteiger charge is -2.34. The Morgan fingerprint density at radius 2 is 2.11 bits per heavy atom. The zero-order valence-corrected chi connectivity index (χ0v) is 11.9. The molecular weight excluding hydrogens is 234 g/mol. The molecule has 3 nitrogen and oxygen atoms in total. The summed E-state index contributed by atoms with van der Waals surface area (Å²) in [7, 11) is 0. The zero-order chi connectivity index (χ0) is 13.1. The fraction of sp³-hybridized carbons (Fsp3) is 0.688. The Hall–Kier alpha value is -0.930. The second-order valence-electron chi connectivity index (χ2n) is 6.09. The van der Waals surface area contributed by atoms with Crippen LogP contribution >= 0.6 is 0 Å². The third-order valence-corrected chi connectivity index (χ3v) is 4.63. The lowest BCUT2D eigenvalue weighted by Crippen LogP contribution is -2.40. The SMILES string of the molecule is Cc1cccc(CN2CCC(C3CCCN3)CC2)n1. The Bertz CT molecular complexity index is 404. The van der Waals surface area contributed by atoms with Crippen LogP contribution in [-0.4, -0.2) is 35.6 Å². The summed E-state index contributed by atoms with van der Waals surface area (Å²) >= 11 is 0. The maximum Gasteiger partial charge on any atom is 0.0547 e. The van der Waals surface area contributed by atoms with Crippen molar-refractivity contribution in [3.05, 3.63) is 29.6 Å². The Balaban J connectivity index is 1.50. The van der Waals surface area contributed by atoms with Gasteiger partial charge in [-0.2, -0.15) is 0 Å². The average Bonchev–Trinajstić information content (AvgIpc) is 2.94. The van der Waals surface area contributed by atoms with E-state index in [-0.39, 0.29) is 0 Å². The highest BCUT2D eigenvalue weighted by Gasteiger charge is 2.28. The van der Waals surface area contributed by atoms with Gasteiger partial charge in [-0.25, -0.2) is 0 Å². The van der Waals surface area contributed by atoms with Crippen molar-refractivity contribution in [2.75, 3.05) is 19.6 Å². The van der Waals surface area contributed by atoms with Crippen LogP contribution in [0, 0.1) is 12.8 Å². The quantitative estimate of drug-likeness (QED) is 0.903. The van der Waals surface area contributed by atoms with Gasteiger partial charge < -0.3 is 5.32 Å². The topological polar surface area (TPSA) is 28.2 Å². The lowest BCUT2D eigenvalue weighted by molar-refractivity contribution is 0.156. The number of nitrogens with zero attached hydrogens (tertiary/aromatic N) is 2. The Morgan fingerprint density at radius 1 is 1.26 bits per heavy atom. The highest BCUT2D eigenvalue weighted by atomic mass is 15.1. The second-order valence-corrected chi connectivity index (χ2v) is 6.09. The van der Waals surface area contributed by atoms with Crippen LogP contribution in [0.2, 0.25) is 0 Å². The Labute approximate surface area is 116 Å². The van der Waals surface area contributed by atoms with Gasteiger partial charge in [0.25, 0.3) is 0 Å². The number of likely N-dealkylation sites (tertiary alicyclic amines) is 1. The van der Waals surface area contributed by atoms with Crippen molar-refractivity contribution in [3.63, 3.8) is 0 Å². The molecule has 0 radical (unpaired) electrons. The molecule has 2 aliphatic heterocycles. The van der Waals surface area contributed by atoms with Crippen molar-refractivity contribution in [1.82, 2.24) is 15.2 Å². The van der Waals surface area contributed by atoms with Gasteiger partial charge in [0, 0.05) is 18.3 Å². The second kappa shape index (κ2) is 6.02. The first kappa shape index (κ1) is 13.1. The molecule has 0 bridgehead atoms. The molecule has 2 saturated heterocycles. The highest BCUT2D eigenvalue weighted by Crippen LogP contribution is 2.26. The minimum Gasteiger partial charge on any atom is -0.314 e.